The lowest BCUT2D eigenvalue weighted by molar-refractivity contribution is 0.266. The third-order valence-corrected chi connectivity index (χ3v) is 5.32. The van der Waals surface area contributed by atoms with Crippen molar-refractivity contribution in [2.75, 3.05) is 14.2 Å². The summed E-state index contributed by atoms with van der Waals surface area (Å²) in [7, 11) is 3.05. The van der Waals surface area contributed by atoms with Crippen molar-refractivity contribution in [2.45, 2.75) is 44.4 Å². The van der Waals surface area contributed by atoms with Crippen LogP contribution in [0.4, 0.5) is 4.39 Å². The normalized spacial score (nSPS) is 18.9. The van der Waals surface area contributed by atoms with Crippen LogP contribution in [0.3, 0.4) is 0 Å². The Balaban J connectivity index is 2.41. The summed E-state index contributed by atoms with van der Waals surface area (Å²) in [4.78, 5) is 0. The van der Waals surface area contributed by atoms with E-state index in [2.05, 4.69) is 6.92 Å². The highest BCUT2D eigenvalue weighted by atomic mass is 35.5. The Labute approximate surface area is 125 Å². The van der Waals surface area contributed by atoms with Crippen LogP contribution in [0.1, 0.15) is 50.0 Å². The van der Waals surface area contributed by atoms with E-state index < -0.39 is 0 Å². The molecule has 0 N–H and O–H groups in total. The van der Waals surface area contributed by atoms with E-state index in [1.807, 2.05) is 0 Å². The van der Waals surface area contributed by atoms with E-state index in [0.717, 1.165) is 19.3 Å². The molecule has 0 radical (unpaired) electrons. The molecule has 0 heterocycles. The van der Waals surface area contributed by atoms with Crippen molar-refractivity contribution in [1.29, 1.82) is 0 Å². The van der Waals surface area contributed by atoms with E-state index in [9.17, 15) is 4.39 Å². The van der Waals surface area contributed by atoms with Crippen LogP contribution >= 0.6 is 11.6 Å². The fraction of sp³-hybridized carbons (Fsp3) is 0.625. The number of benzene rings is 1. The van der Waals surface area contributed by atoms with Gasteiger partial charge in [0.15, 0.2) is 11.5 Å². The number of ether oxygens (including phenoxy) is 2. The van der Waals surface area contributed by atoms with Crippen molar-refractivity contribution in [3.05, 3.63) is 23.5 Å². The lowest BCUT2D eigenvalue weighted by atomic mass is 9.77. The van der Waals surface area contributed by atoms with Crippen LogP contribution in [-0.2, 0) is 0 Å². The van der Waals surface area contributed by atoms with Crippen LogP contribution in [-0.4, -0.2) is 14.2 Å². The number of alkyl halides is 1. The minimum absolute atomic E-state index is 0.00198. The maximum absolute atomic E-state index is 14.3. The second-order valence-corrected chi connectivity index (χ2v) is 5.95. The van der Waals surface area contributed by atoms with E-state index in [-0.39, 0.29) is 16.6 Å². The van der Waals surface area contributed by atoms with Gasteiger partial charge in [0, 0.05) is 11.6 Å². The predicted molar refractivity (Wildman–Crippen MR) is 79.3 cm³/mol. The van der Waals surface area contributed by atoms with Crippen LogP contribution in [0.5, 0.6) is 11.5 Å². The van der Waals surface area contributed by atoms with Crippen LogP contribution in [0.25, 0.3) is 0 Å². The van der Waals surface area contributed by atoms with Crippen molar-refractivity contribution in [2.24, 2.45) is 5.41 Å². The van der Waals surface area contributed by atoms with Gasteiger partial charge < -0.3 is 9.47 Å². The molecule has 1 aromatic carbocycles. The average molecular weight is 301 g/mol. The lowest BCUT2D eigenvalue weighted by Gasteiger charge is -2.33. The predicted octanol–water partition coefficient (Wildman–Crippen LogP) is 5.09. The Morgan fingerprint density at radius 1 is 1.20 bits per heavy atom. The second-order valence-electron chi connectivity index (χ2n) is 5.51. The Morgan fingerprint density at radius 3 is 2.25 bits per heavy atom. The molecule has 1 aromatic rings. The van der Waals surface area contributed by atoms with Crippen LogP contribution in [0, 0.1) is 11.2 Å². The van der Waals surface area contributed by atoms with Gasteiger partial charge in [-0.3, -0.25) is 0 Å². The third kappa shape index (κ3) is 2.60. The van der Waals surface area contributed by atoms with Gasteiger partial charge in [-0.25, -0.2) is 4.39 Å². The highest BCUT2D eigenvalue weighted by Crippen LogP contribution is 2.54. The van der Waals surface area contributed by atoms with Gasteiger partial charge in [0.25, 0.3) is 0 Å². The molecule has 112 valence electrons. The average Bonchev–Trinajstić information content (AvgIpc) is 2.96. The molecule has 1 aliphatic carbocycles. The zero-order valence-corrected chi connectivity index (χ0v) is 13.1. The number of hydrogen-bond acceptors (Lipinski definition) is 2. The molecule has 1 atom stereocenters. The highest BCUT2D eigenvalue weighted by molar-refractivity contribution is 6.21. The minimum Gasteiger partial charge on any atom is -0.493 e. The Hall–Kier alpha value is -0.960. The lowest BCUT2D eigenvalue weighted by Crippen LogP contribution is -2.22. The largest absolute Gasteiger partial charge is 0.493 e. The van der Waals surface area contributed by atoms with Gasteiger partial charge in [-0.2, -0.15) is 0 Å². The van der Waals surface area contributed by atoms with Gasteiger partial charge in [-0.1, -0.05) is 19.8 Å². The van der Waals surface area contributed by atoms with Gasteiger partial charge in [-0.15, -0.1) is 11.6 Å². The molecule has 20 heavy (non-hydrogen) atoms. The van der Waals surface area contributed by atoms with E-state index in [1.165, 1.54) is 26.0 Å². The van der Waals surface area contributed by atoms with Gasteiger partial charge in [0.1, 0.15) is 5.82 Å². The first kappa shape index (κ1) is 15.4. The summed E-state index contributed by atoms with van der Waals surface area (Å²) in [5, 5.41) is -0.324. The Kier molecular flexibility index (Phi) is 4.79. The van der Waals surface area contributed by atoms with E-state index in [0.29, 0.717) is 17.1 Å². The number of rotatable bonds is 5. The third-order valence-electron chi connectivity index (χ3n) is 4.62. The van der Waals surface area contributed by atoms with Crippen molar-refractivity contribution in [1.82, 2.24) is 0 Å². The van der Waals surface area contributed by atoms with E-state index >= 15 is 0 Å². The van der Waals surface area contributed by atoms with Gasteiger partial charge in [0.05, 0.1) is 19.6 Å². The summed E-state index contributed by atoms with van der Waals surface area (Å²) in [5.41, 5.74) is 0.523. The smallest absolute Gasteiger partial charge is 0.163 e. The molecular weight excluding hydrogens is 279 g/mol. The van der Waals surface area contributed by atoms with Gasteiger partial charge in [-0.05, 0) is 30.7 Å². The summed E-state index contributed by atoms with van der Waals surface area (Å²) in [6.45, 7) is 2.14. The summed E-state index contributed by atoms with van der Waals surface area (Å²) in [5.74, 6) is 0.607. The first-order valence-electron chi connectivity index (χ1n) is 7.13. The summed E-state index contributed by atoms with van der Waals surface area (Å²) in [6, 6.07) is 3.05. The molecule has 2 nitrogen and oxygen atoms in total. The van der Waals surface area contributed by atoms with Gasteiger partial charge in [0.2, 0.25) is 0 Å². The molecular formula is C16H22ClFO2. The van der Waals surface area contributed by atoms with Crippen molar-refractivity contribution >= 4 is 11.6 Å². The fourth-order valence-corrected chi connectivity index (χ4v) is 3.80. The minimum atomic E-state index is -0.324. The van der Waals surface area contributed by atoms with E-state index in [1.54, 1.807) is 13.2 Å². The quantitative estimate of drug-likeness (QED) is 0.705. The first-order valence-corrected chi connectivity index (χ1v) is 7.57. The van der Waals surface area contributed by atoms with E-state index in [4.69, 9.17) is 21.1 Å². The fourth-order valence-electron chi connectivity index (χ4n) is 3.26. The second kappa shape index (κ2) is 6.21. The molecule has 1 saturated carbocycles. The van der Waals surface area contributed by atoms with Crippen LogP contribution in [0.15, 0.2) is 12.1 Å². The molecule has 0 bridgehead atoms. The molecule has 2 rings (SSSR count). The molecule has 1 unspecified atom stereocenters. The maximum Gasteiger partial charge on any atom is 0.163 e. The van der Waals surface area contributed by atoms with Crippen molar-refractivity contribution in [3.8, 4) is 11.5 Å². The Morgan fingerprint density at radius 2 is 1.75 bits per heavy atom. The Bertz CT molecular complexity index is 470. The molecule has 4 heteroatoms. The molecule has 0 aromatic heterocycles. The highest BCUT2D eigenvalue weighted by Gasteiger charge is 2.41. The van der Waals surface area contributed by atoms with Gasteiger partial charge >= 0.3 is 0 Å². The molecule has 0 amide bonds. The summed E-state index contributed by atoms with van der Waals surface area (Å²) < 4.78 is 24.7. The number of hydrogen-bond donors (Lipinski definition) is 0. The zero-order valence-electron chi connectivity index (χ0n) is 12.3. The molecule has 0 saturated heterocycles. The van der Waals surface area contributed by atoms with Crippen molar-refractivity contribution < 1.29 is 13.9 Å². The van der Waals surface area contributed by atoms with Crippen LogP contribution < -0.4 is 9.47 Å². The SMILES string of the molecule is CCC1(C(Cl)c2cc(OC)c(OC)cc2F)CCCC1. The summed E-state index contributed by atoms with van der Waals surface area (Å²) in [6.07, 6.45) is 5.43. The van der Waals surface area contributed by atoms with Crippen LogP contribution in [0.2, 0.25) is 0 Å². The molecule has 1 aliphatic rings. The topological polar surface area (TPSA) is 18.5 Å². The number of halogens is 2. The summed E-state index contributed by atoms with van der Waals surface area (Å²) >= 11 is 6.66. The van der Waals surface area contributed by atoms with Crippen molar-refractivity contribution in [3.63, 3.8) is 0 Å². The molecule has 0 spiro atoms. The molecule has 0 aliphatic heterocycles. The maximum atomic E-state index is 14.3. The zero-order chi connectivity index (χ0) is 14.8. The molecule has 1 fully saturated rings. The first-order chi connectivity index (χ1) is 9.57. The number of methoxy groups -OCH3 is 2. The standard InChI is InChI=1S/C16H22ClFO2/c1-4-16(7-5-6-8-16)15(17)11-9-13(19-2)14(20-3)10-12(11)18/h9-10,15H,4-8H2,1-3H3. The monoisotopic (exact) mass is 300 g/mol.